The van der Waals surface area contributed by atoms with Crippen LogP contribution in [0.3, 0.4) is 0 Å². The number of rotatable bonds is 3. The lowest BCUT2D eigenvalue weighted by Crippen LogP contribution is -2.59. The van der Waals surface area contributed by atoms with Crippen molar-refractivity contribution in [3.63, 3.8) is 0 Å². The first-order valence-corrected chi connectivity index (χ1v) is 9.54. The van der Waals surface area contributed by atoms with Gasteiger partial charge in [0, 0.05) is 29.7 Å². The lowest BCUT2D eigenvalue weighted by Gasteiger charge is -2.39. The van der Waals surface area contributed by atoms with Crippen molar-refractivity contribution in [2.24, 2.45) is 0 Å². The summed E-state index contributed by atoms with van der Waals surface area (Å²) in [5, 5.41) is 2.85. The minimum absolute atomic E-state index is 0.0108. The molecule has 1 fully saturated rings. The number of piperazine rings is 1. The average Bonchev–Trinajstić information content (AvgIpc) is 2.78. The molecule has 6 nitrogen and oxygen atoms in total. The number of fused-ring (bicyclic) bond motifs is 2. The number of carbonyl (C=O) groups excluding carboxylic acids is 3. The van der Waals surface area contributed by atoms with Gasteiger partial charge in [0.2, 0.25) is 5.91 Å². The Morgan fingerprint density at radius 1 is 1.11 bits per heavy atom. The molecule has 0 spiro atoms. The number of carbonyl (C=O) groups is 3. The summed E-state index contributed by atoms with van der Waals surface area (Å²) in [6.07, 6.45) is 0. The highest BCUT2D eigenvalue weighted by molar-refractivity contribution is 9.10. The number of hydrogen-bond acceptors (Lipinski definition) is 4. The van der Waals surface area contributed by atoms with E-state index in [0.29, 0.717) is 36.4 Å². The summed E-state index contributed by atoms with van der Waals surface area (Å²) in [7, 11) is 0. The summed E-state index contributed by atoms with van der Waals surface area (Å²) in [6.45, 7) is 1.53. The summed E-state index contributed by atoms with van der Waals surface area (Å²) in [4.78, 5) is 41.7. The van der Waals surface area contributed by atoms with Crippen molar-refractivity contribution in [3.8, 4) is 0 Å². The van der Waals surface area contributed by atoms with Gasteiger partial charge in [-0.3, -0.25) is 19.3 Å². The summed E-state index contributed by atoms with van der Waals surface area (Å²) < 4.78 is 0.786. The van der Waals surface area contributed by atoms with Gasteiger partial charge in [0.25, 0.3) is 5.91 Å². The summed E-state index contributed by atoms with van der Waals surface area (Å²) in [5.41, 5.74) is 1.65. The van der Waals surface area contributed by atoms with Crippen molar-refractivity contribution in [1.82, 2.24) is 9.80 Å². The molecule has 4 rings (SSSR count). The molecule has 2 heterocycles. The van der Waals surface area contributed by atoms with Crippen LogP contribution < -0.4 is 5.32 Å². The largest absolute Gasteiger partial charge is 0.324 e. The molecule has 2 aliphatic rings. The molecule has 1 N–H and O–H groups in total. The van der Waals surface area contributed by atoms with E-state index in [9.17, 15) is 14.4 Å². The van der Waals surface area contributed by atoms with Crippen LogP contribution in [0.2, 0.25) is 0 Å². The molecule has 27 heavy (non-hydrogen) atoms. The lowest BCUT2D eigenvalue weighted by atomic mass is 10.1. The summed E-state index contributed by atoms with van der Waals surface area (Å²) in [6, 6.07) is 13.7. The van der Waals surface area contributed by atoms with Gasteiger partial charge >= 0.3 is 0 Å². The Labute approximate surface area is 165 Å². The predicted octanol–water partition coefficient (Wildman–Crippen LogP) is 2.41. The smallest absolute Gasteiger partial charge is 0.256 e. The van der Waals surface area contributed by atoms with E-state index in [4.69, 9.17) is 0 Å². The van der Waals surface area contributed by atoms with Gasteiger partial charge in [-0.05, 0) is 18.2 Å². The Bertz CT molecular complexity index is 916. The number of nitrogens with zero attached hydrogens (tertiary/aromatic N) is 2. The van der Waals surface area contributed by atoms with Crippen LogP contribution in [0.4, 0.5) is 5.69 Å². The second-order valence-electron chi connectivity index (χ2n) is 6.72. The third-order valence-corrected chi connectivity index (χ3v) is 5.45. The normalized spacial score (nSPS) is 19.7. The molecule has 7 heteroatoms. The molecular formula is C20H18BrN3O3. The molecule has 1 unspecified atom stereocenters. The van der Waals surface area contributed by atoms with Gasteiger partial charge in [-0.25, -0.2) is 0 Å². The molecule has 2 amide bonds. The topological polar surface area (TPSA) is 69.7 Å². The van der Waals surface area contributed by atoms with Crippen LogP contribution in [0.5, 0.6) is 0 Å². The summed E-state index contributed by atoms with van der Waals surface area (Å²) >= 11 is 3.38. The number of halogens is 1. The van der Waals surface area contributed by atoms with Gasteiger partial charge in [0.05, 0.1) is 17.8 Å². The molecule has 2 aromatic carbocycles. The van der Waals surface area contributed by atoms with E-state index < -0.39 is 6.04 Å². The van der Waals surface area contributed by atoms with Crippen LogP contribution in [-0.4, -0.2) is 59.6 Å². The fourth-order valence-corrected chi connectivity index (χ4v) is 3.90. The molecule has 2 aliphatic heterocycles. The predicted molar refractivity (Wildman–Crippen MR) is 105 cm³/mol. The van der Waals surface area contributed by atoms with Crippen LogP contribution in [0.25, 0.3) is 0 Å². The van der Waals surface area contributed by atoms with Gasteiger partial charge in [0.1, 0.15) is 6.04 Å². The lowest BCUT2D eigenvalue weighted by molar-refractivity contribution is -0.122. The highest BCUT2D eigenvalue weighted by Crippen LogP contribution is 2.28. The third-order valence-electron chi connectivity index (χ3n) is 4.96. The zero-order chi connectivity index (χ0) is 19.0. The molecule has 0 radical (unpaired) electrons. The molecule has 0 aliphatic carbocycles. The fraction of sp³-hybridized carbons (Fsp3) is 0.250. The second-order valence-corrected chi connectivity index (χ2v) is 7.63. The van der Waals surface area contributed by atoms with Gasteiger partial charge in [-0.1, -0.05) is 46.3 Å². The number of nitrogens with one attached hydrogen (secondary N) is 1. The minimum Gasteiger partial charge on any atom is -0.324 e. The number of amides is 2. The Kier molecular flexibility index (Phi) is 4.80. The number of ketones is 1. The van der Waals surface area contributed by atoms with Crippen molar-refractivity contribution >= 4 is 39.2 Å². The number of anilines is 1. The zero-order valence-corrected chi connectivity index (χ0v) is 16.1. The Morgan fingerprint density at radius 3 is 2.67 bits per heavy atom. The van der Waals surface area contributed by atoms with Crippen LogP contribution in [-0.2, 0) is 4.79 Å². The maximum absolute atomic E-state index is 12.9. The average molecular weight is 428 g/mol. The van der Waals surface area contributed by atoms with Gasteiger partial charge in [-0.2, -0.15) is 0 Å². The van der Waals surface area contributed by atoms with Crippen molar-refractivity contribution in [3.05, 3.63) is 64.1 Å². The van der Waals surface area contributed by atoms with E-state index in [0.717, 1.165) is 4.47 Å². The first-order chi connectivity index (χ1) is 13.0. The molecule has 2 aromatic rings. The van der Waals surface area contributed by atoms with Crippen molar-refractivity contribution in [2.45, 2.75) is 6.04 Å². The van der Waals surface area contributed by atoms with Gasteiger partial charge in [-0.15, -0.1) is 0 Å². The van der Waals surface area contributed by atoms with Crippen LogP contribution in [0.15, 0.2) is 53.0 Å². The second kappa shape index (κ2) is 7.25. The van der Waals surface area contributed by atoms with E-state index in [-0.39, 0.29) is 24.1 Å². The van der Waals surface area contributed by atoms with Crippen molar-refractivity contribution in [1.29, 1.82) is 0 Å². The Morgan fingerprint density at radius 2 is 1.89 bits per heavy atom. The van der Waals surface area contributed by atoms with Crippen LogP contribution >= 0.6 is 15.9 Å². The van der Waals surface area contributed by atoms with E-state index in [1.807, 2.05) is 23.1 Å². The maximum atomic E-state index is 12.9. The molecule has 0 bridgehead atoms. The monoisotopic (exact) mass is 427 g/mol. The molecule has 1 atom stereocenters. The number of benzene rings is 2. The van der Waals surface area contributed by atoms with Crippen molar-refractivity contribution in [2.75, 3.05) is 31.5 Å². The third kappa shape index (κ3) is 3.52. The highest BCUT2D eigenvalue weighted by Gasteiger charge is 2.39. The molecule has 1 saturated heterocycles. The summed E-state index contributed by atoms with van der Waals surface area (Å²) in [5.74, 6) is -0.374. The quantitative estimate of drug-likeness (QED) is 0.763. The molecular weight excluding hydrogens is 410 g/mol. The molecule has 138 valence electrons. The van der Waals surface area contributed by atoms with Gasteiger partial charge < -0.3 is 10.2 Å². The number of hydrogen-bond donors (Lipinski definition) is 1. The first-order valence-electron chi connectivity index (χ1n) is 8.75. The number of Topliss-reactive ketones (excluding diaryl/α,β-unsaturated/α-hetero) is 1. The molecule has 0 aromatic heterocycles. The minimum atomic E-state index is -0.610. The van der Waals surface area contributed by atoms with Gasteiger partial charge in [0.15, 0.2) is 5.78 Å². The van der Waals surface area contributed by atoms with Crippen molar-refractivity contribution < 1.29 is 14.4 Å². The van der Waals surface area contributed by atoms with Crippen LogP contribution in [0, 0.1) is 0 Å². The maximum Gasteiger partial charge on any atom is 0.256 e. The Hall–Kier alpha value is -2.51. The Balaban J connectivity index is 1.52. The highest BCUT2D eigenvalue weighted by atomic mass is 79.9. The van der Waals surface area contributed by atoms with E-state index in [1.54, 1.807) is 35.2 Å². The zero-order valence-electron chi connectivity index (χ0n) is 14.5. The molecule has 0 saturated carbocycles. The van der Waals surface area contributed by atoms with E-state index in [1.165, 1.54) is 0 Å². The standard InChI is InChI=1S/C20H18BrN3O3/c21-14-6-7-16-15(10-14)20(27)24-9-8-23(11-17(24)19(26)22-16)12-18(25)13-4-2-1-3-5-13/h1-7,10,17H,8-9,11-12H2,(H,22,26). The van der Waals surface area contributed by atoms with Crippen LogP contribution in [0.1, 0.15) is 20.7 Å². The SMILES string of the molecule is O=C(CN1CCN2C(=O)c3cc(Br)ccc3NC(=O)C2C1)c1ccccc1. The first kappa shape index (κ1) is 17.9. The van der Waals surface area contributed by atoms with E-state index in [2.05, 4.69) is 21.2 Å². The van der Waals surface area contributed by atoms with E-state index >= 15 is 0 Å². The fourth-order valence-electron chi connectivity index (χ4n) is 3.54.